The first kappa shape index (κ1) is 19.9. The van der Waals surface area contributed by atoms with Crippen molar-refractivity contribution in [2.45, 2.75) is 51.3 Å². The van der Waals surface area contributed by atoms with E-state index in [0.717, 1.165) is 17.2 Å². The number of hydrogen-bond donors (Lipinski definition) is 0. The van der Waals surface area contributed by atoms with Crippen LogP contribution in [0.15, 0.2) is 41.3 Å². The van der Waals surface area contributed by atoms with Gasteiger partial charge in [0.15, 0.2) is 0 Å². The molecule has 0 aliphatic heterocycles. The SMILES string of the molecule is CC(C)(C)CC(C)(C)c1cccc2ccc(S(=O)[O-])cc12.[Na+]. The van der Waals surface area contributed by atoms with Crippen molar-refractivity contribution in [1.29, 1.82) is 0 Å². The van der Waals surface area contributed by atoms with E-state index in [9.17, 15) is 8.76 Å². The molecule has 2 aromatic carbocycles. The van der Waals surface area contributed by atoms with Crippen LogP contribution in [0.2, 0.25) is 0 Å². The minimum absolute atomic E-state index is 0. The van der Waals surface area contributed by atoms with Crippen molar-refractivity contribution in [2.75, 3.05) is 0 Å². The van der Waals surface area contributed by atoms with Crippen LogP contribution in [0.4, 0.5) is 0 Å². The Morgan fingerprint density at radius 3 is 2.23 bits per heavy atom. The molecule has 0 spiro atoms. The van der Waals surface area contributed by atoms with Gasteiger partial charge in [-0.1, -0.05) is 58.9 Å². The number of fused-ring (bicyclic) bond motifs is 1. The fourth-order valence-corrected chi connectivity index (χ4v) is 3.76. The molecule has 0 radical (unpaired) electrons. The smallest absolute Gasteiger partial charge is 0.768 e. The monoisotopic (exact) mass is 326 g/mol. The average molecular weight is 326 g/mol. The van der Waals surface area contributed by atoms with E-state index in [1.165, 1.54) is 5.56 Å². The topological polar surface area (TPSA) is 40.1 Å². The predicted molar refractivity (Wildman–Crippen MR) is 88.2 cm³/mol. The van der Waals surface area contributed by atoms with Crippen molar-refractivity contribution >= 4 is 21.9 Å². The summed E-state index contributed by atoms with van der Waals surface area (Å²) in [5, 5.41) is 2.12. The van der Waals surface area contributed by atoms with Crippen molar-refractivity contribution < 1.29 is 38.3 Å². The Bertz CT molecular complexity index is 687. The van der Waals surface area contributed by atoms with Crippen molar-refractivity contribution in [3.05, 3.63) is 42.0 Å². The molecular formula is C18H23NaO2S. The summed E-state index contributed by atoms with van der Waals surface area (Å²) < 4.78 is 22.5. The van der Waals surface area contributed by atoms with E-state index in [1.54, 1.807) is 12.1 Å². The van der Waals surface area contributed by atoms with Crippen LogP contribution in [0, 0.1) is 5.41 Å². The van der Waals surface area contributed by atoms with E-state index in [4.69, 9.17) is 0 Å². The zero-order valence-electron chi connectivity index (χ0n) is 14.4. The van der Waals surface area contributed by atoms with E-state index in [1.807, 2.05) is 12.1 Å². The van der Waals surface area contributed by atoms with Gasteiger partial charge in [0.2, 0.25) is 0 Å². The maximum atomic E-state index is 11.2. The van der Waals surface area contributed by atoms with Crippen LogP contribution in [0.3, 0.4) is 0 Å². The van der Waals surface area contributed by atoms with Gasteiger partial charge in [-0.25, -0.2) is 0 Å². The summed E-state index contributed by atoms with van der Waals surface area (Å²) in [5.74, 6) is 0. The molecule has 0 aliphatic rings. The predicted octanol–water partition coefficient (Wildman–Crippen LogP) is 1.80. The molecule has 2 aromatic rings. The number of hydrogen-bond acceptors (Lipinski definition) is 2. The fourth-order valence-electron chi connectivity index (χ4n) is 3.37. The third-order valence-electron chi connectivity index (χ3n) is 3.75. The van der Waals surface area contributed by atoms with Crippen LogP contribution in [-0.2, 0) is 16.5 Å². The molecule has 0 N–H and O–H groups in total. The van der Waals surface area contributed by atoms with E-state index in [0.29, 0.717) is 4.90 Å². The minimum atomic E-state index is -2.19. The number of benzene rings is 2. The summed E-state index contributed by atoms with van der Waals surface area (Å²) in [6.07, 6.45) is 1.03. The Labute approximate surface area is 158 Å². The molecule has 22 heavy (non-hydrogen) atoms. The van der Waals surface area contributed by atoms with Crippen molar-refractivity contribution in [2.24, 2.45) is 5.41 Å². The standard InChI is InChI=1S/C18H24O2S.Na/c1-17(2,3)12-18(4,5)16-8-6-7-13-9-10-14(21(19)20)11-15(13)16;/h6-11H,12H2,1-5H3,(H,19,20);/q;+1/p-1. The maximum absolute atomic E-state index is 11.2. The Balaban J connectivity index is 0.00000242. The van der Waals surface area contributed by atoms with Crippen LogP contribution < -0.4 is 29.6 Å². The van der Waals surface area contributed by atoms with Gasteiger partial charge in [-0.3, -0.25) is 4.21 Å². The summed E-state index contributed by atoms with van der Waals surface area (Å²) in [5.41, 5.74) is 1.41. The molecule has 0 saturated carbocycles. The van der Waals surface area contributed by atoms with Crippen LogP contribution in [0.1, 0.15) is 46.6 Å². The maximum Gasteiger partial charge on any atom is 1.00 e. The second kappa shape index (κ2) is 7.14. The van der Waals surface area contributed by atoms with Gasteiger partial charge in [0.25, 0.3) is 0 Å². The van der Waals surface area contributed by atoms with E-state index >= 15 is 0 Å². The molecule has 0 fully saturated rings. The zero-order valence-corrected chi connectivity index (χ0v) is 17.2. The molecule has 114 valence electrons. The molecule has 0 aromatic heterocycles. The zero-order chi connectivity index (χ0) is 15.8. The fraction of sp³-hybridized carbons (Fsp3) is 0.444. The normalized spacial score (nSPS) is 13.7. The van der Waals surface area contributed by atoms with Gasteiger partial charge in [0.1, 0.15) is 0 Å². The third-order valence-corrected chi connectivity index (χ3v) is 4.39. The molecule has 4 heteroatoms. The van der Waals surface area contributed by atoms with Gasteiger partial charge in [0, 0.05) is 4.90 Å². The molecule has 1 unspecified atom stereocenters. The van der Waals surface area contributed by atoms with Gasteiger partial charge >= 0.3 is 29.6 Å². The minimum Gasteiger partial charge on any atom is -0.768 e. The first-order valence-electron chi connectivity index (χ1n) is 7.23. The second-order valence-electron chi connectivity index (χ2n) is 7.54. The molecule has 0 saturated heterocycles. The molecule has 2 rings (SSSR count). The van der Waals surface area contributed by atoms with Gasteiger partial charge < -0.3 is 4.55 Å². The molecule has 0 aliphatic carbocycles. The Morgan fingerprint density at radius 2 is 1.68 bits per heavy atom. The van der Waals surface area contributed by atoms with Crippen LogP contribution in [0.5, 0.6) is 0 Å². The summed E-state index contributed by atoms with van der Waals surface area (Å²) in [4.78, 5) is 0.349. The van der Waals surface area contributed by atoms with Crippen molar-refractivity contribution in [1.82, 2.24) is 0 Å². The number of rotatable bonds is 3. The van der Waals surface area contributed by atoms with E-state index in [2.05, 4.69) is 46.8 Å². The molecule has 1 atom stereocenters. The largest absolute Gasteiger partial charge is 1.00 e. The summed E-state index contributed by atoms with van der Waals surface area (Å²) in [7, 11) is 0. The second-order valence-corrected chi connectivity index (χ2v) is 8.49. The summed E-state index contributed by atoms with van der Waals surface area (Å²) in [6, 6.07) is 11.5. The first-order chi connectivity index (χ1) is 9.60. The van der Waals surface area contributed by atoms with Crippen molar-refractivity contribution in [3.63, 3.8) is 0 Å². The van der Waals surface area contributed by atoms with Gasteiger partial charge in [-0.15, -0.1) is 0 Å². The van der Waals surface area contributed by atoms with Gasteiger partial charge in [-0.05, 0) is 56.8 Å². The Hall–Kier alpha value is -0.190. The van der Waals surface area contributed by atoms with Gasteiger partial charge in [0.05, 0.1) is 0 Å². The summed E-state index contributed by atoms with van der Waals surface area (Å²) >= 11 is -2.19. The molecule has 0 heterocycles. The summed E-state index contributed by atoms with van der Waals surface area (Å²) in [6.45, 7) is 11.2. The van der Waals surface area contributed by atoms with Gasteiger partial charge in [-0.2, -0.15) is 0 Å². The third kappa shape index (κ3) is 4.65. The van der Waals surface area contributed by atoms with E-state index in [-0.39, 0.29) is 40.4 Å². The van der Waals surface area contributed by atoms with Crippen LogP contribution in [0.25, 0.3) is 10.8 Å². The Kier molecular flexibility index (Phi) is 6.45. The van der Waals surface area contributed by atoms with Crippen LogP contribution >= 0.6 is 0 Å². The molecule has 0 bridgehead atoms. The van der Waals surface area contributed by atoms with Crippen molar-refractivity contribution in [3.8, 4) is 0 Å². The molecule has 2 nitrogen and oxygen atoms in total. The quantitative estimate of drug-likeness (QED) is 0.637. The Morgan fingerprint density at radius 1 is 1.05 bits per heavy atom. The molecule has 0 amide bonds. The average Bonchev–Trinajstić information content (AvgIpc) is 2.34. The first-order valence-corrected chi connectivity index (χ1v) is 8.30. The molecular weight excluding hydrogens is 303 g/mol. The van der Waals surface area contributed by atoms with E-state index < -0.39 is 11.1 Å². The van der Waals surface area contributed by atoms with Crippen LogP contribution in [-0.4, -0.2) is 8.76 Å².